The van der Waals surface area contributed by atoms with Gasteiger partial charge in [0.1, 0.15) is 21.3 Å². The van der Waals surface area contributed by atoms with Gasteiger partial charge in [0, 0.05) is 6.26 Å². The van der Waals surface area contributed by atoms with Crippen molar-refractivity contribution in [3.63, 3.8) is 0 Å². The largest absolute Gasteiger partial charge is 0.320 e. The van der Waals surface area contributed by atoms with E-state index in [0.29, 0.717) is 0 Å². The Morgan fingerprint density at radius 3 is 2.55 bits per heavy atom. The summed E-state index contributed by atoms with van der Waals surface area (Å²) in [7, 11) is -3.26. The van der Waals surface area contributed by atoms with E-state index in [1.165, 1.54) is 13.0 Å². The first-order valence-corrected chi connectivity index (χ1v) is 7.86. The molecule has 20 heavy (non-hydrogen) atoms. The van der Waals surface area contributed by atoms with E-state index in [4.69, 9.17) is 5.73 Å². The van der Waals surface area contributed by atoms with Gasteiger partial charge in [0.05, 0.1) is 11.8 Å². The minimum absolute atomic E-state index is 0.125. The van der Waals surface area contributed by atoms with Crippen LogP contribution in [0.4, 0.5) is 14.5 Å². The van der Waals surface area contributed by atoms with Crippen LogP contribution in [0.25, 0.3) is 0 Å². The van der Waals surface area contributed by atoms with Crippen LogP contribution in [0.1, 0.15) is 12.0 Å². The van der Waals surface area contributed by atoms with Crippen LogP contribution >= 0.6 is 0 Å². The molecule has 0 spiro atoms. The molecular formula is C12H16F2N2O3S. The quantitative estimate of drug-likeness (QED) is 0.848. The van der Waals surface area contributed by atoms with Crippen LogP contribution in [-0.4, -0.2) is 32.4 Å². The maximum atomic E-state index is 13.7. The van der Waals surface area contributed by atoms with E-state index >= 15 is 0 Å². The molecule has 0 heterocycles. The van der Waals surface area contributed by atoms with E-state index in [1.54, 1.807) is 0 Å². The Hall–Kier alpha value is -1.54. The van der Waals surface area contributed by atoms with Gasteiger partial charge < -0.3 is 11.1 Å². The Balaban J connectivity index is 2.79. The second kappa shape index (κ2) is 6.27. The van der Waals surface area contributed by atoms with Gasteiger partial charge in [-0.25, -0.2) is 17.2 Å². The van der Waals surface area contributed by atoms with Gasteiger partial charge in [0.2, 0.25) is 5.91 Å². The maximum Gasteiger partial charge on any atom is 0.241 e. The van der Waals surface area contributed by atoms with Gasteiger partial charge in [-0.2, -0.15) is 0 Å². The number of anilines is 1. The molecule has 0 fully saturated rings. The number of nitrogens with two attached hydrogens (primary N) is 1. The number of sulfone groups is 1. The number of carbonyl (C=O) groups is 1. The van der Waals surface area contributed by atoms with Crippen molar-refractivity contribution in [3.8, 4) is 0 Å². The third-order valence-corrected chi connectivity index (χ3v) is 3.65. The van der Waals surface area contributed by atoms with Crippen LogP contribution in [0.2, 0.25) is 0 Å². The van der Waals surface area contributed by atoms with Gasteiger partial charge in [-0.05, 0) is 25.0 Å². The molecule has 1 amide bonds. The van der Waals surface area contributed by atoms with Crippen molar-refractivity contribution in [2.24, 2.45) is 5.73 Å². The molecule has 1 rings (SSSR count). The molecule has 0 aliphatic rings. The molecule has 1 aromatic rings. The van der Waals surface area contributed by atoms with Crippen molar-refractivity contribution in [2.75, 3.05) is 17.3 Å². The van der Waals surface area contributed by atoms with E-state index < -0.39 is 39.1 Å². The predicted octanol–water partition coefficient (Wildman–Crippen LogP) is 0.974. The second-order valence-corrected chi connectivity index (χ2v) is 6.83. The zero-order valence-corrected chi connectivity index (χ0v) is 11.9. The second-order valence-electron chi connectivity index (χ2n) is 4.57. The van der Waals surface area contributed by atoms with Crippen LogP contribution in [0.5, 0.6) is 0 Å². The van der Waals surface area contributed by atoms with E-state index in [1.807, 2.05) is 5.32 Å². The average Bonchev–Trinajstić information content (AvgIpc) is 2.35. The zero-order chi connectivity index (χ0) is 15.5. The third-order valence-electron chi connectivity index (χ3n) is 2.67. The Kier molecular flexibility index (Phi) is 5.18. The first-order valence-electron chi connectivity index (χ1n) is 5.80. The minimum Gasteiger partial charge on any atom is -0.320 e. The summed E-state index contributed by atoms with van der Waals surface area (Å²) in [6.07, 6.45) is 0.886. The summed E-state index contributed by atoms with van der Waals surface area (Å²) in [5.41, 5.74) is 5.08. The molecule has 0 aliphatic carbocycles. The Labute approximate surface area is 116 Å². The van der Waals surface area contributed by atoms with Crippen molar-refractivity contribution in [1.29, 1.82) is 0 Å². The number of aryl methyl sites for hydroxylation is 1. The fourth-order valence-electron chi connectivity index (χ4n) is 1.46. The van der Waals surface area contributed by atoms with Crippen molar-refractivity contribution in [1.82, 2.24) is 0 Å². The summed E-state index contributed by atoms with van der Waals surface area (Å²) in [6.45, 7) is 1.42. The lowest BCUT2D eigenvalue weighted by Gasteiger charge is -2.13. The summed E-state index contributed by atoms with van der Waals surface area (Å²) in [4.78, 5) is 11.7. The number of carbonyl (C=O) groups excluding carboxylic acids is 1. The first-order chi connectivity index (χ1) is 9.11. The Morgan fingerprint density at radius 2 is 2.00 bits per heavy atom. The highest BCUT2D eigenvalue weighted by molar-refractivity contribution is 7.90. The molecule has 5 nitrogen and oxygen atoms in total. The smallest absolute Gasteiger partial charge is 0.241 e. The molecule has 1 atom stereocenters. The molecular weight excluding hydrogens is 290 g/mol. The van der Waals surface area contributed by atoms with Gasteiger partial charge in [-0.15, -0.1) is 0 Å². The summed E-state index contributed by atoms with van der Waals surface area (Å²) >= 11 is 0. The zero-order valence-electron chi connectivity index (χ0n) is 11.1. The van der Waals surface area contributed by atoms with Crippen LogP contribution in [0, 0.1) is 18.6 Å². The lowest BCUT2D eigenvalue weighted by atomic mass is 10.1. The van der Waals surface area contributed by atoms with E-state index in [9.17, 15) is 22.0 Å². The SMILES string of the molecule is Cc1ccc(F)c(NC(=O)C(N)CCS(C)(=O)=O)c1F. The Bertz CT molecular complexity index is 617. The minimum atomic E-state index is -3.26. The number of hydrogen-bond acceptors (Lipinski definition) is 4. The monoisotopic (exact) mass is 306 g/mol. The lowest BCUT2D eigenvalue weighted by Crippen LogP contribution is -2.37. The molecule has 0 aliphatic heterocycles. The number of amides is 1. The van der Waals surface area contributed by atoms with Crippen LogP contribution in [-0.2, 0) is 14.6 Å². The molecule has 0 saturated heterocycles. The Morgan fingerprint density at radius 1 is 1.40 bits per heavy atom. The first kappa shape index (κ1) is 16.5. The van der Waals surface area contributed by atoms with Crippen molar-refractivity contribution in [2.45, 2.75) is 19.4 Å². The van der Waals surface area contributed by atoms with Gasteiger partial charge in [-0.3, -0.25) is 4.79 Å². The summed E-state index contributed by atoms with van der Waals surface area (Å²) < 4.78 is 49.0. The molecule has 1 unspecified atom stereocenters. The molecule has 8 heteroatoms. The maximum absolute atomic E-state index is 13.7. The highest BCUT2D eigenvalue weighted by Crippen LogP contribution is 2.21. The van der Waals surface area contributed by atoms with Crippen LogP contribution in [0.3, 0.4) is 0 Å². The fourth-order valence-corrected chi connectivity index (χ4v) is 2.14. The number of nitrogens with one attached hydrogen (secondary N) is 1. The number of halogens is 2. The molecule has 0 bridgehead atoms. The molecule has 0 aromatic heterocycles. The van der Waals surface area contributed by atoms with Gasteiger partial charge in [0.15, 0.2) is 5.82 Å². The van der Waals surface area contributed by atoms with Crippen molar-refractivity contribution in [3.05, 3.63) is 29.3 Å². The average molecular weight is 306 g/mol. The normalized spacial score (nSPS) is 13.1. The standard InChI is InChI=1S/C12H16F2N2O3S/c1-7-3-4-8(13)11(10(7)14)16-12(17)9(15)5-6-20(2,18)19/h3-4,9H,5-6,15H2,1-2H3,(H,16,17). The molecule has 1 aromatic carbocycles. The van der Waals surface area contributed by atoms with E-state index in [2.05, 4.69) is 0 Å². The fraction of sp³-hybridized carbons (Fsp3) is 0.417. The van der Waals surface area contributed by atoms with Crippen LogP contribution in [0.15, 0.2) is 12.1 Å². The molecule has 112 valence electrons. The highest BCUT2D eigenvalue weighted by atomic mass is 32.2. The van der Waals surface area contributed by atoms with Crippen LogP contribution < -0.4 is 11.1 Å². The predicted molar refractivity (Wildman–Crippen MR) is 72.0 cm³/mol. The third kappa shape index (κ3) is 4.53. The van der Waals surface area contributed by atoms with Gasteiger partial charge in [0.25, 0.3) is 0 Å². The summed E-state index contributed by atoms with van der Waals surface area (Å²) in [5, 5.41) is 2.05. The number of hydrogen-bond donors (Lipinski definition) is 2. The van der Waals surface area contributed by atoms with Gasteiger partial charge >= 0.3 is 0 Å². The molecule has 0 saturated carbocycles. The number of rotatable bonds is 5. The van der Waals surface area contributed by atoms with Crippen molar-refractivity contribution >= 4 is 21.4 Å². The molecule has 0 radical (unpaired) electrons. The summed E-state index contributed by atoms with van der Waals surface area (Å²) in [6, 6.07) is 1.10. The van der Waals surface area contributed by atoms with Gasteiger partial charge in [-0.1, -0.05) is 6.07 Å². The molecule has 3 N–H and O–H groups in total. The topological polar surface area (TPSA) is 89.3 Å². The number of benzene rings is 1. The van der Waals surface area contributed by atoms with E-state index in [-0.39, 0.29) is 17.7 Å². The van der Waals surface area contributed by atoms with Crippen molar-refractivity contribution < 1.29 is 22.0 Å². The lowest BCUT2D eigenvalue weighted by molar-refractivity contribution is -0.117. The highest BCUT2D eigenvalue weighted by Gasteiger charge is 2.20. The van der Waals surface area contributed by atoms with E-state index in [0.717, 1.165) is 12.3 Å². The summed E-state index contributed by atoms with van der Waals surface area (Å²) in [5.74, 6) is -2.91.